The first kappa shape index (κ1) is 99.8. The maximum atomic E-state index is 14.4. The largest absolute Gasteiger partial charge is 0.462 e. The van der Waals surface area contributed by atoms with Crippen molar-refractivity contribution in [2.75, 3.05) is 55.9 Å². The van der Waals surface area contributed by atoms with Crippen LogP contribution < -0.4 is 0 Å². The molecule has 41 atom stereocenters. The van der Waals surface area contributed by atoms with Gasteiger partial charge in [0.05, 0.1) is 86.5 Å². The minimum Gasteiger partial charge on any atom is -0.462 e. The second-order valence-corrected chi connectivity index (χ2v) is 38.4. The van der Waals surface area contributed by atoms with Crippen LogP contribution in [0.1, 0.15) is 169 Å². The lowest BCUT2D eigenvalue weighted by molar-refractivity contribution is -0.344. The summed E-state index contributed by atoms with van der Waals surface area (Å²) >= 11 is 0. The number of carbonyl (C=O) groups excluding carboxylic acids is 2. The van der Waals surface area contributed by atoms with Crippen LogP contribution in [0.25, 0.3) is 0 Å². The number of carbonyl (C=O) groups is 2. The van der Waals surface area contributed by atoms with Gasteiger partial charge in [-0.3, -0.25) is 9.59 Å². The van der Waals surface area contributed by atoms with E-state index in [0.717, 1.165) is 17.6 Å². The molecular formula is C97H146O30. The van der Waals surface area contributed by atoms with Gasteiger partial charge in [-0.1, -0.05) is 135 Å². The highest BCUT2D eigenvalue weighted by molar-refractivity contribution is 5.79. The van der Waals surface area contributed by atoms with E-state index in [-0.39, 0.29) is 73.8 Å². The number of hydrogen-bond acceptors (Lipinski definition) is 30. The van der Waals surface area contributed by atoms with Crippen LogP contribution >= 0.6 is 0 Å². The third-order valence-corrected chi connectivity index (χ3v) is 29.1. The Morgan fingerprint density at radius 3 is 1.22 bits per heavy atom. The summed E-state index contributed by atoms with van der Waals surface area (Å²) in [4.78, 5) is 28.7. The summed E-state index contributed by atoms with van der Waals surface area (Å²) in [5.74, 6) is -5.30. The number of esters is 2. The molecule has 0 aromatic rings. The van der Waals surface area contributed by atoms with Gasteiger partial charge in [-0.15, -0.1) is 0 Å². The maximum absolute atomic E-state index is 14.4. The second-order valence-electron chi connectivity index (χ2n) is 38.4. The van der Waals surface area contributed by atoms with Crippen LogP contribution in [0.5, 0.6) is 0 Å². The van der Waals surface area contributed by atoms with Gasteiger partial charge in [-0.2, -0.15) is 0 Å². The molecule has 0 amide bonds. The predicted molar refractivity (Wildman–Crippen MR) is 462 cm³/mol. The van der Waals surface area contributed by atoms with Crippen molar-refractivity contribution in [3.63, 3.8) is 0 Å². The van der Waals surface area contributed by atoms with E-state index in [1.165, 1.54) is 28.4 Å². The minimum atomic E-state index is -1.85. The fourth-order valence-electron chi connectivity index (χ4n) is 21.5. The zero-order valence-electron chi connectivity index (χ0n) is 78.3. The number of rotatable bonds is 17. The molecule has 12 heterocycles. The number of methoxy groups -OCH3 is 6. The summed E-state index contributed by atoms with van der Waals surface area (Å²) in [6, 6.07) is 0. The molecule has 30 heteroatoms. The molecule has 30 nitrogen and oxygen atoms in total. The molecule has 0 radical (unpaired) electrons. The molecule has 8 fully saturated rings. The summed E-state index contributed by atoms with van der Waals surface area (Å²) in [7, 11) is 9.35. The molecule has 127 heavy (non-hydrogen) atoms. The SMILES string of the molecule is CC[C@H](C)C1O[C@]2(C=C[C@@H]1C)C[C@@H]1C[C@@H](C/C=C(\C)[C@@H](O[C@H]3C[C@H](OC)[C@@H](O[C@H]4O[C@@H](C)[C@H](O)[C@H](OC)[C@H]4OC)[C@H](C)O3)[C@@H](C)/C=C/C=C3\CO[C@@H]4[C@H](O)C(C)=C[C@@H](C(=O)O1)[C@]34O)O2.CO[C@H]1[C@@H](O[C@H]2[C@H](C)O[C@@H](O[C@@H]3/C(C)=C/C[C@@H]4C[C@@H](C[C@]5(C=C[C@H](C)C(C(C)C)O5)O4)OC(=O)[C@@H]4C=C(C)[C@@H](O)[C@H]5OC/C(=C\C=C\[C@@H]3C)[C@]54O)C[C@@H]2OC)O[C@@H](C)[C@H](O)[C@@H]1OC. The van der Waals surface area contributed by atoms with Gasteiger partial charge in [-0.25, -0.2) is 0 Å². The summed E-state index contributed by atoms with van der Waals surface area (Å²) in [6.45, 7) is 31.9. The fourth-order valence-corrected chi connectivity index (χ4v) is 21.5. The van der Waals surface area contributed by atoms with Gasteiger partial charge in [0, 0.05) is 105 Å². The summed E-state index contributed by atoms with van der Waals surface area (Å²) < 4.78 is 139. The summed E-state index contributed by atoms with van der Waals surface area (Å²) in [5.41, 5.74) is 0.182. The van der Waals surface area contributed by atoms with Crippen LogP contribution in [0, 0.1) is 47.3 Å². The topological polar surface area (TPSA) is 359 Å². The van der Waals surface area contributed by atoms with E-state index in [0.29, 0.717) is 60.8 Å². The van der Waals surface area contributed by atoms with Crippen LogP contribution in [0.3, 0.4) is 0 Å². The molecule has 12 aliphatic heterocycles. The van der Waals surface area contributed by atoms with Crippen molar-refractivity contribution in [3.8, 4) is 0 Å². The Hall–Kier alpha value is -4.70. The van der Waals surface area contributed by atoms with Gasteiger partial charge in [0.15, 0.2) is 36.7 Å². The first-order valence-electron chi connectivity index (χ1n) is 46.2. The van der Waals surface area contributed by atoms with Crippen LogP contribution in [0.15, 0.2) is 119 Å². The van der Waals surface area contributed by atoms with Crippen molar-refractivity contribution in [2.45, 2.75) is 375 Å². The molecule has 8 saturated heterocycles. The zero-order chi connectivity index (χ0) is 91.8. The Morgan fingerprint density at radius 1 is 0.449 bits per heavy atom. The molecule has 14 rings (SSSR count). The van der Waals surface area contributed by atoms with Crippen molar-refractivity contribution in [1.82, 2.24) is 0 Å². The van der Waals surface area contributed by atoms with E-state index in [4.69, 9.17) is 104 Å². The number of fused-ring (bicyclic) bond motifs is 4. The molecule has 2 unspecified atom stereocenters. The number of allylic oxidation sites excluding steroid dienone is 4. The van der Waals surface area contributed by atoms with Gasteiger partial charge < -0.3 is 135 Å². The third-order valence-electron chi connectivity index (χ3n) is 29.1. The molecule has 6 N–H and O–H groups in total. The molecule has 714 valence electrons. The van der Waals surface area contributed by atoms with Gasteiger partial charge in [0.1, 0.15) is 108 Å². The zero-order valence-corrected chi connectivity index (χ0v) is 78.3. The Bertz CT molecular complexity index is 4040. The quantitative estimate of drug-likeness (QED) is 0.0582. The van der Waals surface area contributed by atoms with E-state index in [2.05, 4.69) is 79.7 Å². The van der Waals surface area contributed by atoms with Gasteiger partial charge in [-0.05, 0) is 126 Å². The second kappa shape index (κ2) is 42.1. The first-order chi connectivity index (χ1) is 60.4. The molecule has 0 saturated carbocycles. The molecule has 2 aliphatic carbocycles. The average molecular weight is 1790 g/mol. The highest BCUT2D eigenvalue weighted by Crippen LogP contribution is 2.51. The molecule has 14 aliphatic rings. The van der Waals surface area contributed by atoms with E-state index in [1.54, 1.807) is 66.2 Å². The Kier molecular flexibility index (Phi) is 33.0. The number of hydrogen-bond donors (Lipinski definition) is 6. The van der Waals surface area contributed by atoms with Gasteiger partial charge in [0.25, 0.3) is 0 Å². The smallest absolute Gasteiger partial charge is 0.316 e. The van der Waals surface area contributed by atoms with Crippen LogP contribution in [0.4, 0.5) is 0 Å². The van der Waals surface area contributed by atoms with Crippen LogP contribution in [0.2, 0.25) is 0 Å². The average Bonchev–Trinajstić information content (AvgIpc) is 1.60. The highest BCUT2D eigenvalue weighted by Gasteiger charge is 2.63. The number of ether oxygens (including phenoxy) is 22. The van der Waals surface area contributed by atoms with Crippen molar-refractivity contribution in [3.05, 3.63) is 119 Å². The summed E-state index contributed by atoms with van der Waals surface area (Å²) in [5, 5.41) is 68.9. The highest BCUT2D eigenvalue weighted by atomic mass is 16.8. The number of aliphatic hydroxyl groups excluding tert-OH is 4. The normalized spacial score (nSPS) is 49.2. The van der Waals surface area contributed by atoms with Gasteiger partial charge >= 0.3 is 11.9 Å². The minimum absolute atomic E-state index is 0.0225. The lowest BCUT2D eigenvalue weighted by Crippen LogP contribution is -2.61. The Labute approximate surface area is 749 Å². The van der Waals surface area contributed by atoms with Crippen LogP contribution in [-0.4, -0.2) is 305 Å². The van der Waals surface area contributed by atoms with E-state index >= 15 is 0 Å². The lowest BCUT2D eigenvalue weighted by Gasteiger charge is -2.48. The fraction of sp³-hybridized carbons (Fsp3) is 0.773. The van der Waals surface area contributed by atoms with E-state index in [1.807, 2.05) is 64.2 Å². The Balaban J connectivity index is 0.000000217. The number of aliphatic hydroxyl groups is 6. The van der Waals surface area contributed by atoms with Crippen molar-refractivity contribution < 1.29 is 144 Å². The third kappa shape index (κ3) is 20.9. The van der Waals surface area contributed by atoms with Crippen molar-refractivity contribution in [1.29, 1.82) is 0 Å². The van der Waals surface area contributed by atoms with Crippen molar-refractivity contribution >= 4 is 11.9 Å². The summed E-state index contributed by atoms with van der Waals surface area (Å²) in [6.07, 6.45) is 11.6. The van der Waals surface area contributed by atoms with E-state index in [9.17, 15) is 40.2 Å². The van der Waals surface area contributed by atoms with Crippen LogP contribution in [-0.2, 0) is 114 Å². The molecule has 2 spiro atoms. The Morgan fingerprint density at radius 2 is 0.843 bits per heavy atom. The molecule has 0 aromatic carbocycles. The standard InChI is InChI=1S/C49H74O15.C48H72O15/c1-12-25(2)41-28(5)18-19-48(64-41)23-34-21-33(63-48)17-16-27(4)40(26(3)14-13-15-32-24-57-45-38(50)29(6)20-35(46(52)60-34)49(32,45)53)61-37-22-36(54-9)42(31(8)58-37)62-47-44(56-11)43(55-10)39(51)30(7)59-47;1-24(2)39-27(5)17-18-47(63-39)22-33-20-32(62-47)16-15-26(4)40(25(3)13-12-14-31-23-56-44-37(49)28(6)19-34(45(51)59-33)48(31,44)52)60-36-21-35(53-9)41(30(8)57-36)61-46-43(55-11)42(54-10)38(50)29(7)58-46/h13-16,18-20,25-26,28,30-31,33-45,47,50-51,53H,12,17,21-24H2,1-11H3;12-15,17-19,24-25,27,29-30,32-44,46,49-50,52H,16,20-23H2,1-11H3/b14-13+,27-16+,32-15+;13-12+,26-15+,31-14+/t25-,26-,28-,30-,31-,33+,34-,35-,36-,37-,38+,39-,40-,41?,42-,43-,44+,45+,47+,48+,49+;25-,27-,29-,30-,32+,33-,34-,35-,36-,37+,38-,39?,40-,41-,42-,43+,44+,46+,47+,48+/m00/s1. The first-order valence-corrected chi connectivity index (χ1v) is 46.2. The lowest BCUT2D eigenvalue weighted by atomic mass is 9.71. The molecular weight excluding hydrogens is 1650 g/mol. The van der Waals surface area contributed by atoms with Gasteiger partial charge in [0.2, 0.25) is 0 Å². The van der Waals surface area contributed by atoms with E-state index < -0.39 is 218 Å². The molecule has 0 aromatic heterocycles. The maximum Gasteiger partial charge on any atom is 0.316 e. The predicted octanol–water partition coefficient (Wildman–Crippen LogP) is 9.61. The van der Waals surface area contributed by atoms with Crippen molar-refractivity contribution in [2.24, 2.45) is 47.3 Å². The monoisotopic (exact) mass is 1790 g/mol. The molecule has 4 bridgehead atoms.